The van der Waals surface area contributed by atoms with Crippen LogP contribution >= 0.6 is 23.2 Å². The highest BCUT2D eigenvalue weighted by molar-refractivity contribution is 6.30. The van der Waals surface area contributed by atoms with Crippen molar-refractivity contribution in [1.29, 1.82) is 0 Å². The lowest BCUT2D eigenvalue weighted by atomic mass is 10.0. The maximum Gasteiger partial charge on any atom is 0.228 e. The highest BCUT2D eigenvalue weighted by atomic mass is 35.5. The summed E-state index contributed by atoms with van der Waals surface area (Å²) in [5, 5.41) is 1.55. The van der Waals surface area contributed by atoms with Crippen LogP contribution in [0.4, 0.5) is 14.5 Å². The number of carbonyl (C=O) groups is 1. The summed E-state index contributed by atoms with van der Waals surface area (Å²) in [5.74, 6) is -1.50. The predicted octanol–water partition coefficient (Wildman–Crippen LogP) is 4.44. The largest absolute Gasteiger partial charge is 0.326 e. The van der Waals surface area contributed by atoms with E-state index in [4.69, 9.17) is 23.2 Å². The van der Waals surface area contributed by atoms with Crippen molar-refractivity contribution in [3.63, 3.8) is 0 Å². The second-order valence-corrected chi connectivity index (χ2v) is 5.64. The third-order valence-electron chi connectivity index (χ3n) is 3.36. The molecule has 3 rings (SSSR count). The van der Waals surface area contributed by atoms with Crippen LogP contribution in [0.3, 0.4) is 0 Å². The van der Waals surface area contributed by atoms with E-state index in [2.05, 4.69) is 5.32 Å². The van der Waals surface area contributed by atoms with Crippen molar-refractivity contribution < 1.29 is 13.6 Å². The van der Waals surface area contributed by atoms with E-state index in [9.17, 15) is 13.6 Å². The Morgan fingerprint density at radius 2 is 1.90 bits per heavy atom. The molecule has 0 fully saturated rings. The van der Waals surface area contributed by atoms with Crippen molar-refractivity contribution in [1.82, 2.24) is 0 Å². The number of hydrogen-bond acceptors (Lipinski definition) is 1. The van der Waals surface area contributed by atoms with E-state index in [0.29, 0.717) is 5.56 Å². The van der Waals surface area contributed by atoms with Crippen LogP contribution in [0, 0.1) is 11.6 Å². The molecule has 1 heterocycles. The molecule has 0 aromatic heterocycles. The Bertz CT molecular complexity index is 749. The van der Waals surface area contributed by atoms with Crippen LogP contribution in [0.15, 0.2) is 30.3 Å². The van der Waals surface area contributed by atoms with Crippen LogP contribution in [0.5, 0.6) is 0 Å². The van der Waals surface area contributed by atoms with Crippen LogP contribution in [0.2, 0.25) is 5.02 Å². The first-order chi connectivity index (χ1) is 9.95. The van der Waals surface area contributed by atoms with Crippen LogP contribution < -0.4 is 5.32 Å². The number of rotatable bonds is 2. The van der Waals surface area contributed by atoms with Gasteiger partial charge < -0.3 is 5.32 Å². The number of hydrogen-bond donors (Lipinski definition) is 1. The number of benzene rings is 2. The third-order valence-corrected chi connectivity index (χ3v) is 4.14. The van der Waals surface area contributed by atoms with Gasteiger partial charge in [0.25, 0.3) is 0 Å². The van der Waals surface area contributed by atoms with Gasteiger partial charge in [0.1, 0.15) is 11.6 Å². The number of nitrogens with one attached hydrogen (secondary N) is 1. The normalized spacial score (nSPS) is 14.8. The molecule has 0 radical (unpaired) electrons. The summed E-state index contributed by atoms with van der Waals surface area (Å²) in [7, 11) is 0. The summed E-state index contributed by atoms with van der Waals surface area (Å²) < 4.78 is 27.4. The van der Waals surface area contributed by atoms with E-state index >= 15 is 0 Å². The fourth-order valence-electron chi connectivity index (χ4n) is 2.32. The standard InChI is InChI=1S/C15H9Cl2F2NO/c16-10-6-11(18)9(5-12(10)19)15(17)7-1-2-13-8(3-7)4-14(21)20-13/h1-3,5-6,15H,4H2,(H,20,21). The summed E-state index contributed by atoms with van der Waals surface area (Å²) in [4.78, 5) is 11.3. The average Bonchev–Trinajstić information content (AvgIpc) is 2.81. The van der Waals surface area contributed by atoms with Crippen LogP contribution in [0.25, 0.3) is 0 Å². The van der Waals surface area contributed by atoms with Gasteiger partial charge in [-0.15, -0.1) is 11.6 Å². The minimum atomic E-state index is -0.863. The molecule has 1 aliphatic heterocycles. The van der Waals surface area contributed by atoms with Gasteiger partial charge in [-0.05, 0) is 29.3 Å². The third kappa shape index (κ3) is 2.61. The van der Waals surface area contributed by atoms with Crippen molar-refractivity contribution in [2.24, 2.45) is 0 Å². The molecule has 1 atom stereocenters. The molecule has 108 valence electrons. The maximum atomic E-state index is 13.9. The number of carbonyl (C=O) groups excluding carboxylic acids is 1. The number of amides is 1. The average molecular weight is 328 g/mol. The summed E-state index contributed by atoms with van der Waals surface area (Å²) in [6.07, 6.45) is 0.254. The van der Waals surface area contributed by atoms with Gasteiger partial charge in [0.2, 0.25) is 5.91 Å². The van der Waals surface area contributed by atoms with E-state index < -0.39 is 17.0 Å². The van der Waals surface area contributed by atoms with Crippen molar-refractivity contribution in [3.8, 4) is 0 Å². The minimum Gasteiger partial charge on any atom is -0.326 e. The van der Waals surface area contributed by atoms with Gasteiger partial charge in [-0.2, -0.15) is 0 Å². The summed E-state index contributed by atoms with van der Waals surface area (Å²) >= 11 is 11.8. The Morgan fingerprint density at radius 1 is 1.14 bits per heavy atom. The molecule has 1 aliphatic rings. The van der Waals surface area contributed by atoms with E-state index in [0.717, 1.165) is 23.4 Å². The molecule has 0 bridgehead atoms. The molecule has 1 amide bonds. The molecule has 0 spiro atoms. The Labute approximate surface area is 129 Å². The van der Waals surface area contributed by atoms with Crippen LogP contribution in [0.1, 0.15) is 22.1 Å². The molecular formula is C15H9Cl2F2NO. The second-order valence-electron chi connectivity index (χ2n) is 4.79. The van der Waals surface area contributed by atoms with Gasteiger partial charge in [0, 0.05) is 11.3 Å². The summed E-state index contributed by atoms with van der Waals surface area (Å²) in [5.41, 5.74) is 2.11. The molecule has 21 heavy (non-hydrogen) atoms. The van der Waals surface area contributed by atoms with E-state index in [1.54, 1.807) is 18.2 Å². The lowest BCUT2D eigenvalue weighted by Gasteiger charge is -2.13. The molecule has 0 saturated heterocycles. The van der Waals surface area contributed by atoms with Gasteiger partial charge >= 0.3 is 0 Å². The van der Waals surface area contributed by atoms with Gasteiger partial charge in [0.15, 0.2) is 0 Å². The fourth-order valence-corrected chi connectivity index (χ4v) is 2.77. The smallest absolute Gasteiger partial charge is 0.228 e. The van der Waals surface area contributed by atoms with Gasteiger partial charge in [-0.25, -0.2) is 8.78 Å². The number of halogens is 4. The SMILES string of the molecule is O=C1Cc2cc(C(Cl)c3cc(F)c(Cl)cc3F)ccc2N1. The van der Waals surface area contributed by atoms with E-state index in [1.807, 2.05) is 0 Å². The van der Waals surface area contributed by atoms with Crippen molar-refractivity contribution in [2.45, 2.75) is 11.8 Å². The lowest BCUT2D eigenvalue weighted by Crippen LogP contribution is -2.03. The van der Waals surface area contributed by atoms with Crippen molar-refractivity contribution in [3.05, 3.63) is 63.7 Å². The zero-order chi connectivity index (χ0) is 15.1. The fraction of sp³-hybridized carbons (Fsp3) is 0.133. The summed E-state index contributed by atoms with van der Waals surface area (Å²) in [6.45, 7) is 0. The minimum absolute atomic E-state index is 0.01000. The molecule has 1 unspecified atom stereocenters. The van der Waals surface area contributed by atoms with Crippen molar-refractivity contribution in [2.75, 3.05) is 5.32 Å². The number of anilines is 1. The molecule has 2 nitrogen and oxygen atoms in total. The molecule has 0 saturated carbocycles. The Morgan fingerprint density at radius 3 is 2.67 bits per heavy atom. The summed E-state index contributed by atoms with van der Waals surface area (Å²) in [6, 6.07) is 6.99. The highest BCUT2D eigenvalue weighted by Crippen LogP contribution is 2.35. The van der Waals surface area contributed by atoms with Crippen LogP contribution in [-0.2, 0) is 11.2 Å². The zero-order valence-electron chi connectivity index (χ0n) is 10.6. The molecule has 2 aromatic rings. The first-order valence-corrected chi connectivity index (χ1v) is 6.98. The quantitative estimate of drug-likeness (QED) is 0.641. The molecular weight excluding hydrogens is 319 g/mol. The van der Waals surface area contributed by atoms with Gasteiger partial charge in [0.05, 0.1) is 16.8 Å². The number of fused-ring (bicyclic) bond motifs is 1. The van der Waals surface area contributed by atoms with Gasteiger partial charge in [-0.1, -0.05) is 23.7 Å². The zero-order valence-corrected chi connectivity index (χ0v) is 12.1. The second kappa shape index (κ2) is 5.28. The Kier molecular flexibility index (Phi) is 3.59. The first kappa shape index (κ1) is 14.3. The molecule has 0 aliphatic carbocycles. The number of alkyl halides is 1. The monoisotopic (exact) mass is 327 g/mol. The Hall–Kier alpha value is -1.65. The van der Waals surface area contributed by atoms with E-state index in [-0.39, 0.29) is 22.9 Å². The predicted molar refractivity (Wildman–Crippen MR) is 77.8 cm³/mol. The Balaban J connectivity index is 2.00. The molecule has 1 N–H and O–H groups in total. The maximum absolute atomic E-state index is 13.9. The molecule has 2 aromatic carbocycles. The highest BCUT2D eigenvalue weighted by Gasteiger charge is 2.22. The first-order valence-electron chi connectivity index (χ1n) is 6.17. The van der Waals surface area contributed by atoms with E-state index in [1.165, 1.54) is 0 Å². The van der Waals surface area contributed by atoms with Crippen molar-refractivity contribution >= 4 is 34.8 Å². The topological polar surface area (TPSA) is 29.1 Å². The molecule has 6 heteroatoms. The van der Waals surface area contributed by atoms with Gasteiger partial charge in [-0.3, -0.25) is 4.79 Å². The van der Waals surface area contributed by atoms with Crippen LogP contribution in [-0.4, -0.2) is 5.91 Å². The lowest BCUT2D eigenvalue weighted by molar-refractivity contribution is -0.115.